The van der Waals surface area contributed by atoms with Crippen molar-refractivity contribution in [1.29, 1.82) is 0 Å². The molecule has 0 radical (unpaired) electrons. The van der Waals surface area contributed by atoms with Gasteiger partial charge in [0, 0.05) is 5.97 Å². The fourth-order valence-corrected chi connectivity index (χ4v) is 6.24. The minimum Gasteiger partial charge on any atom is -0.550 e. The highest BCUT2D eigenvalue weighted by molar-refractivity contribution is 7.97. The first kappa shape index (κ1) is 29.7. The molecule has 3 rings (SSSR count). The van der Waals surface area contributed by atoms with Crippen LogP contribution in [0.4, 0.5) is 0 Å². The number of aliphatic carboxylic acids is 1. The molecule has 3 aromatic rings. The molecule has 3 aromatic carbocycles. The van der Waals surface area contributed by atoms with Crippen molar-refractivity contribution in [3.05, 3.63) is 90.5 Å². The molecule has 0 amide bonds. The van der Waals surface area contributed by atoms with E-state index in [9.17, 15) is 9.90 Å². The number of hydrogen-bond acceptors (Lipinski definition) is 2. The van der Waals surface area contributed by atoms with Gasteiger partial charge in [-0.25, -0.2) is 0 Å². The van der Waals surface area contributed by atoms with E-state index in [0.29, 0.717) is 6.42 Å². The monoisotopic (exact) mass is 504 g/mol. The maximum absolute atomic E-state index is 9.49. The zero-order valence-corrected chi connectivity index (χ0v) is 23.1. The van der Waals surface area contributed by atoms with E-state index in [1.165, 1.54) is 84.5 Å². The fourth-order valence-electron chi connectivity index (χ4n) is 4.16. The predicted octanol–water partition coefficient (Wildman–Crippen LogP) is 8.39. The largest absolute Gasteiger partial charge is 0.550 e. The smallest absolute Gasteiger partial charge is 0.166 e. The average molecular weight is 505 g/mol. The van der Waals surface area contributed by atoms with Gasteiger partial charge >= 0.3 is 0 Å². The molecule has 194 valence electrons. The molecule has 0 saturated carbocycles. The van der Waals surface area contributed by atoms with Crippen molar-refractivity contribution in [3.63, 3.8) is 0 Å². The summed E-state index contributed by atoms with van der Waals surface area (Å²) < 4.78 is 0. The number of unbranched alkanes of at least 4 members (excludes halogenated alkanes) is 8. The average Bonchev–Trinajstić information content (AvgIpc) is 2.90. The second kappa shape index (κ2) is 18.7. The maximum atomic E-state index is 9.49. The van der Waals surface area contributed by atoms with Gasteiger partial charge in [-0.3, -0.25) is 0 Å². The molecule has 0 aliphatic rings. The first-order valence-electron chi connectivity index (χ1n) is 13.8. The number of carboxylic acids is 1. The standard InChI is InChI=1S/C29H37S.C4H8O2/c1-2-3-4-5-6-7-8-9-12-17-26-22-24-29(25-23-26)30(27-18-13-10-14-19-27)28-20-15-11-16-21-28;1-2-3-4(5)6/h10-11,13-16,18-25H,2-9,12,17H2,1H3;2-3H2,1H3,(H,5,6)/q+1;/p-1. The molecule has 0 fully saturated rings. The Kier molecular flexibility index (Phi) is 15.4. The summed E-state index contributed by atoms with van der Waals surface area (Å²) in [7, 11) is -0.0368. The molecule has 2 nitrogen and oxygen atoms in total. The molecule has 0 N–H and O–H groups in total. The highest BCUT2D eigenvalue weighted by Gasteiger charge is 2.27. The third kappa shape index (κ3) is 11.9. The predicted molar refractivity (Wildman–Crippen MR) is 152 cm³/mol. The highest BCUT2D eigenvalue weighted by Crippen LogP contribution is 2.31. The lowest BCUT2D eigenvalue weighted by Crippen LogP contribution is -2.20. The number of benzene rings is 3. The van der Waals surface area contributed by atoms with Crippen LogP contribution in [-0.2, 0) is 22.1 Å². The summed E-state index contributed by atoms with van der Waals surface area (Å²) in [4.78, 5) is 13.7. The summed E-state index contributed by atoms with van der Waals surface area (Å²) >= 11 is 0. The molecule has 0 atom stereocenters. The van der Waals surface area contributed by atoms with Gasteiger partial charge in [0.2, 0.25) is 0 Å². The molecule has 0 unspecified atom stereocenters. The molecule has 0 heterocycles. The van der Waals surface area contributed by atoms with E-state index < -0.39 is 5.97 Å². The number of rotatable bonds is 15. The van der Waals surface area contributed by atoms with Gasteiger partial charge in [-0.15, -0.1) is 0 Å². The summed E-state index contributed by atoms with van der Waals surface area (Å²) in [6.07, 6.45) is 14.6. The molecule has 0 spiro atoms. The van der Waals surface area contributed by atoms with E-state index in [1.54, 1.807) is 6.92 Å². The molecule has 0 bridgehead atoms. The Balaban J connectivity index is 0.000000678. The minimum absolute atomic E-state index is 0.0368. The van der Waals surface area contributed by atoms with E-state index in [-0.39, 0.29) is 17.3 Å². The van der Waals surface area contributed by atoms with Crippen molar-refractivity contribution in [2.45, 2.75) is 106 Å². The van der Waals surface area contributed by atoms with Gasteiger partial charge in [0.15, 0.2) is 14.7 Å². The topological polar surface area (TPSA) is 40.1 Å². The van der Waals surface area contributed by atoms with Crippen molar-refractivity contribution in [2.24, 2.45) is 0 Å². The summed E-state index contributed by atoms with van der Waals surface area (Å²) in [5, 5.41) is 9.49. The molecule has 0 aromatic heterocycles. The van der Waals surface area contributed by atoms with Gasteiger partial charge in [-0.2, -0.15) is 0 Å². The lowest BCUT2D eigenvalue weighted by atomic mass is 10.0. The molecule has 0 aliphatic carbocycles. The zero-order valence-electron chi connectivity index (χ0n) is 22.3. The second-order valence-electron chi connectivity index (χ2n) is 9.28. The molecule has 3 heteroatoms. The second-order valence-corrected chi connectivity index (χ2v) is 11.3. The minimum atomic E-state index is -0.961. The van der Waals surface area contributed by atoms with Gasteiger partial charge in [0.1, 0.15) is 0 Å². The van der Waals surface area contributed by atoms with Crippen LogP contribution in [0.5, 0.6) is 0 Å². The van der Waals surface area contributed by atoms with Crippen molar-refractivity contribution in [1.82, 2.24) is 0 Å². The molecular formula is C33H44O2S. The third-order valence-electron chi connectivity index (χ3n) is 6.14. The van der Waals surface area contributed by atoms with Crippen molar-refractivity contribution >= 4 is 16.9 Å². The summed E-state index contributed by atoms with van der Waals surface area (Å²) in [6, 6.07) is 31.2. The maximum Gasteiger partial charge on any atom is 0.166 e. The van der Waals surface area contributed by atoms with Crippen LogP contribution < -0.4 is 5.11 Å². The van der Waals surface area contributed by atoms with E-state index in [4.69, 9.17) is 0 Å². The zero-order chi connectivity index (χ0) is 25.8. The van der Waals surface area contributed by atoms with Crippen molar-refractivity contribution in [3.8, 4) is 0 Å². The highest BCUT2D eigenvalue weighted by atomic mass is 32.2. The summed E-state index contributed by atoms with van der Waals surface area (Å²) in [6.45, 7) is 4.09. The number of carboxylic acid groups (broad SMARTS) is 1. The molecular weight excluding hydrogens is 460 g/mol. The fraction of sp³-hybridized carbons (Fsp3) is 0.424. The van der Waals surface area contributed by atoms with Gasteiger partial charge in [-0.05, 0) is 61.2 Å². The number of hydrogen-bond donors (Lipinski definition) is 0. The summed E-state index contributed by atoms with van der Waals surface area (Å²) in [5.74, 6) is -0.961. The van der Waals surface area contributed by atoms with Crippen LogP contribution in [0.2, 0.25) is 0 Å². The number of carbonyl (C=O) groups excluding carboxylic acids is 1. The molecule has 0 aliphatic heterocycles. The first-order chi connectivity index (χ1) is 17.7. The van der Waals surface area contributed by atoms with Crippen LogP contribution in [0, 0.1) is 0 Å². The SMILES string of the molecule is CCCC(=O)[O-].CCCCCCCCCCCc1ccc([S+](c2ccccc2)c2ccccc2)cc1. The van der Waals surface area contributed by atoms with Crippen LogP contribution in [0.25, 0.3) is 0 Å². The third-order valence-corrected chi connectivity index (χ3v) is 8.37. The van der Waals surface area contributed by atoms with E-state index >= 15 is 0 Å². The van der Waals surface area contributed by atoms with Gasteiger partial charge < -0.3 is 9.90 Å². The first-order valence-corrected chi connectivity index (χ1v) is 15.0. The van der Waals surface area contributed by atoms with E-state index in [1.807, 2.05) is 0 Å². The Morgan fingerprint density at radius 3 is 1.44 bits per heavy atom. The normalized spacial score (nSPS) is 10.6. The lowest BCUT2D eigenvalue weighted by molar-refractivity contribution is -0.305. The van der Waals surface area contributed by atoms with Crippen LogP contribution >= 0.6 is 0 Å². The van der Waals surface area contributed by atoms with Crippen LogP contribution in [-0.4, -0.2) is 5.97 Å². The lowest BCUT2D eigenvalue weighted by Gasteiger charge is -2.09. The van der Waals surface area contributed by atoms with Crippen LogP contribution in [0.1, 0.15) is 90.0 Å². The number of aryl methyl sites for hydroxylation is 1. The Bertz CT molecular complexity index is 899. The van der Waals surface area contributed by atoms with Crippen molar-refractivity contribution in [2.75, 3.05) is 0 Å². The van der Waals surface area contributed by atoms with Crippen LogP contribution in [0.3, 0.4) is 0 Å². The quantitative estimate of drug-likeness (QED) is 0.154. The van der Waals surface area contributed by atoms with Crippen LogP contribution in [0.15, 0.2) is 99.6 Å². The summed E-state index contributed by atoms with van der Waals surface area (Å²) in [5.41, 5.74) is 1.48. The molecule has 0 saturated heterocycles. The Morgan fingerprint density at radius 2 is 1.03 bits per heavy atom. The van der Waals surface area contributed by atoms with Gasteiger partial charge in [-0.1, -0.05) is 120 Å². The Morgan fingerprint density at radius 1 is 0.583 bits per heavy atom. The van der Waals surface area contributed by atoms with Gasteiger partial charge in [0.05, 0.1) is 10.9 Å². The molecule has 36 heavy (non-hydrogen) atoms. The Hall–Kier alpha value is -2.52. The van der Waals surface area contributed by atoms with E-state index in [0.717, 1.165) is 0 Å². The van der Waals surface area contributed by atoms with Crippen molar-refractivity contribution < 1.29 is 9.90 Å². The number of carbonyl (C=O) groups is 1. The van der Waals surface area contributed by atoms with E-state index in [2.05, 4.69) is 91.9 Å². The Labute approximate surface area is 222 Å². The van der Waals surface area contributed by atoms with Gasteiger partial charge in [0.25, 0.3) is 0 Å².